The first-order valence-corrected chi connectivity index (χ1v) is 7.93. The summed E-state index contributed by atoms with van der Waals surface area (Å²) in [6, 6.07) is 5.52. The van der Waals surface area contributed by atoms with Gasteiger partial charge >= 0.3 is 29.6 Å². The van der Waals surface area contributed by atoms with Gasteiger partial charge in [-0.15, -0.1) is 0 Å². The van der Waals surface area contributed by atoms with Crippen molar-refractivity contribution in [3.8, 4) is 23.0 Å². The van der Waals surface area contributed by atoms with Gasteiger partial charge in [-0.1, -0.05) is 0 Å². The first-order chi connectivity index (χ1) is 11.2. The Hall–Kier alpha value is -1.78. The van der Waals surface area contributed by atoms with Crippen LogP contribution in [0.4, 0.5) is 0 Å². The minimum absolute atomic E-state index is 0. The molecule has 2 aromatic rings. The molecule has 0 bridgehead atoms. The third kappa shape index (κ3) is 4.44. The van der Waals surface area contributed by atoms with E-state index in [1.54, 1.807) is 0 Å². The molecule has 0 unspecified atom stereocenters. The van der Waals surface area contributed by atoms with Crippen LogP contribution in [0.5, 0.6) is 23.0 Å². The predicted octanol–water partition coefficient (Wildman–Crippen LogP) is -1.40. The van der Waals surface area contributed by atoms with Crippen molar-refractivity contribution in [3.05, 3.63) is 41.5 Å². The average Bonchev–Trinajstić information content (AvgIpc) is 2.52. The van der Waals surface area contributed by atoms with Gasteiger partial charge in [0.1, 0.15) is 27.9 Å². The summed E-state index contributed by atoms with van der Waals surface area (Å²) >= 11 is 0. The first kappa shape index (κ1) is 21.3. The fourth-order valence-electron chi connectivity index (χ4n) is 2.07. The van der Waals surface area contributed by atoms with E-state index in [0.717, 1.165) is 19.2 Å². The number of aromatic hydroxyl groups is 2. The third-order valence-corrected chi connectivity index (χ3v) is 4.13. The van der Waals surface area contributed by atoms with E-state index in [1.807, 2.05) is 0 Å². The van der Waals surface area contributed by atoms with Crippen LogP contribution in [0.3, 0.4) is 0 Å². The molecule has 0 aliphatic heterocycles. The van der Waals surface area contributed by atoms with Gasteiger partial charge in [0.2, 0.25) is 5.78 Å². The third-order valence-electron chi connectivity index (χ3n) is 3.25. The molecule has 8 nitrogen and oxygen atoms in total. The van der Waals surface area contributed by atoms with Crippen molar-refractivity contribution < 1.29 is 67.0 Å². The van der Waals surface area contributed by atoms with Crippen LogP contribution in [-0.2, 0) is 10.1 Å². The fraction of sp³-hybridized carbons (Fsp3) is 0.133. The normalized spacial score (nSPS) is 10.7. The van der Waals surface area contributed by atoms with Gasteiger partial charge in [0, 0.05) is 12.1 Å². The number of rotatable bonds is 5. The standard InChI is InChI=1S/C15H14O8S.Na/c1-22-8-3-4-9(11(16)5-8)15(18)10-6-14(24(19,20)21)13(23-2)7-12(10)17;/h3-7,16-17H,1-2H3,(H,19,20,21);/q;+1. The summed E-state index contributed by atoms with van der Waals surface area (Å²) in [6.45, 7) is 0. The topological polar surface area (TPSA) is 130 Å². The molecule has 0 amide bonds. The molecule has 2 rings (SSSR count). The van der Waals surface area contributed by atoms with Gasteiger partial charge in [-0.25, -0.2) is 0 Å². The Balaban J connectivity index is 0.00000312. The summed E-state index contributed by atoms with van der Waals surface area (Å²) in [6.07, 6.45) is 0. The molecular weight excluding hydrogens is 363 g/mol. The molecule has 0 saturated carbocycles. The van der Waals surface area contributed by atoms with Gasteiger partial charge in [0.25, 0.3) is 10.1 Å². The van der Waals surface area contributed by atoms with E-state index < -0.39 is 37.9 Å². The number of phenolic OH excluding ortho intramolecular Hbond substituents is 2. The Morgan fingerprint density at radius 3 is 2.04 bits per heavy atom. The molecule has 10 heteroatoms. The number of ether oxygens (including phenoxy) is 2. The molecule has 128 valence electrons. The largest absolute Gasteiger partial charge is 1.00 e. The average molecular weight is 377 g/mol. The molecule has 0 aliphatic rings. The molecule has 0 fully saturated rings. The number of hydrogen-bond acceptors (Lipinski definition) is 7. The number of ketones is 1. The smallest absolute Gasteiger partial charge is 0.507 e. The summed E-state index contributed by atoms with van der Waals surface area (Å²) in [5.74, 6) is -1.85. The second kappa shape index (κ2) is 8.07. The maximum atomic E-state index is 12.5. The number of methoxy groups -OCH3 is 2. The molecule has 0 spiro atoms. The van der Waals surface area contributed by atoms with E-state index in [0.29, 0.717) is 5.75 Å². The number of hydrogen-bond donors (Lipinski definition) is 3. The Morgan fingerprint density at radius 2 is 1.56 bits per heavy atom. The minimum atomic E-state index is -4.69. The minimum Gasteiger partial charge on any atom is -0.507 e. The number of benzene rings is 2. The van der Waals surface area contributed by atoms with E-state index >= 15 is 0 Å². The maximum Gasteiger partial charge on any atom is 1.00 e. The van der Waals surface area contributed by atoms with E-state index in [-0.39, 0.29) is 40.9 Å². The van der Waals surface area contributed by atoms with Crippen molar-refractivity contribution in [2.75, 3.05) is 14.2 Å². The van der Waals surface area contributed by atoms with Gasteiger partial charge in [0.15, 0.2) is 0 Å². The van der Waals surface area contributed by atoms with E-state index in [2.05, 4.69) is 0 Å². The molecule has 2 aromatic carbocycles. The van der Waals surface area contributed by atoms with Gasteiger partial charge in [0.05, 0.1) is 25.3 Å². The van der Waals surface area contributed by atoms with Crippen molar-refractivity contribution in [2.45, 2.75) is 4.90 Å². The van der Waals surface area contributed by atoms with Gasteiger partial charge in [-0.3, -0.25) is 9.35 Å². The molecule has 0 radical (unpaired) electrons. The molecule has 0 aromatic heterocycles. The summed E-state index contributed by atoms with van der Waals surface area (Å²) in [4.78, 5) is 11.8. The first-order valence-electron chi connectivity index (χ1n) is 6.49. The van der Waals surface area contributed by atoms with Crippen LogP contribution >= 0.6 is 0 Å². The Morgan fingerprint density at radius 1 is 0.960 bits per heavy atom. The molecule has 25 heavy (non-hydrogen) atoms. The van der Waals surface area contributed by atoms with Crippen LogP contribution in [0.1, 0.15) is 15.9 Å². The monoisotopic (exact) mass is 377 g/mol. The Kier molecular flexibility index (Phi) is 6.86. The summed E-state index contributed by atoms with van der Waals surface area (Å²) in [5, 5.41) is 19.9. The second-order valence-electron chi connectivity index (χ2n) is 4.71. The second-order valence-corrected chi connectivity index (χ2v) is 6.10. The van der Waals surface area contributed by atoms with Crippen molar-refractivity contribution in [1.29, 1.82) is 0 Å². The zero-order chi connectivity index (χ0) is 18.1. The van der Waals surface area contributed by atoms with Crippen molar-refractivity contribution >= 4 is 15.9 Å². The predicted molar refractivity (Wildman–Crippen MR) is 82.6 cm³/mol. The summed E-state index contributed by atoms with van der Waals surface area (Å²) in [5.41, 5.74) is -0.610. The molecule has 0 heterocycles. The number of carbonyl (C=O) groups is 1. The molecule has 0 aliphatic carbocycles. The van der Waals surface area contributed by atoms with Crippen molar-refractivity contribution in [2.24, 2.45) is 0 Å². The zero-order valence-electron chi connectivity index (χ0n) is 13.7. The van der Waals surface area contributed by atoms with Crippen molar-refractivity contribution in [3.63, 3.8) is 0 Å². The van der Waals surface area contributed by atoms with Gasteiger partial charge < -0.3 is 19.7 Å². The van der Waals surface area contributed by atoms with Crippen LogP contribution in [0.15, 0.2) is 35.2 Å². The number of phenols is 2. The van der Waals surface area contributed by atoms with Crippen LogP contribution in [-0.4, -0.2) is 43.2 Å². The van der Waals surface area contributed by atoms with E-state index in [9.17, 15) is 28.0 Å². The van der Waals surface area contributed by atoms with Crippen LogP contribution in [0.25, 0.3) is 0 Å². The quantitative estimate of drug-likeness (QED) is 0.329. The van der Waals surface area contributed by atoms with E-state index in [4.69, 9.17) is 9.47 Å². The maximum absolute atomic E-state index is 12.5. The molecule has 3 N–H and O–H groups in total. The zero-order valence-corrected chi connectivity index (χ0v) is 16.5. The Labute approximate surface area is 166 Å². The SMILES string of the molecule is COc1ccc(C(=O)c2cc(S(=O)(=O)O)c(OC)cc2O)c(O)c1.[Na+]. The molecule has 0 saturated heterocycles. The van der Waals surface area contributed by atoms with Gasteiger partial charge in [-0.05, 0) is 18.2 Å². The molecule has 0 atom stereocenters. The van der Waals surface area contributed by atoms with Crippen LogP contribution in [0, 0.1) is 0 Å². The fourth-order valence-corrected chi connectivity index (χ4v) is 2.73. The van der Waals surface area contributed by atoms with Crippen LogP contribution in [0.2, 0.25) is 0 Å². The van der Waals surface area contributed by atoms with E-state index in [1.165, 1.54) is 25.3 Å². The molecular formula is C15H14NaO8S+. The number of carbonyl (C=O) groups excluding carboxylic acids is 1. The summed E-state index contributed by atoms with van der Waals surface area (Å²) in [7, 11) is -2.17. The van der Waals surface area contributed by atoms with Crippen LogP contribution < -0.4 is 39.0 Å². The van der Waals surface area contributed by atoms with Gasteiger partial charge in [-0.2, -0.15) is 8.42 Å². The Bertz CT molecular complexity index is 908. The van der Waals surface area contributed by atoms with Crippen molar-refractivity contribution in [1.82, 2.24) is 0 Å². The summed E-state index contributed by atoms with van der Waals surface area (Å²) < 4.78 is 41.7.